The number of hydrogen-bond donors (Lipinski definition) is 2. The topological polar surface area (TPSA) is 80.4 Å². The monoisotopic (exact) mass is 343 g/mol. The second kappa shape index (κ2) is 5.92. The third kappa shape index (κ3) is 3.15. The second-order valence-corrected chi connectivity index (χ2v) is 6.86. The van der Waals surface area contributed by atoms with Crippen LogP contribution >= 0.6 is 11.6 Å². The number of nitrogens with zero attached hydrogens (tertiary/aromatic N) is 2. The highest BCUT2D eigenvalue weighted by Gasteiger charge is 2.51. The van der Waals surface area contributed by atoms with Crippen LogP contribution in [0.3, 0.4) is 0 Å². The first-order valence-electron chi connectivity index (χ1n) is 7.06. The van der Waals surface area contributed by atoms with E-state index in [4.69, 9.17) is 11.6 Å². The van der Waals surface area contributed by atoms with Crippen molar-refractivity contribution in [2.75, 3.05) is 0 Å². The number of carbonyl (C=O) groups is 1. The lowest BCUT2D eigenvalue weighted by Gasteiger charge is -2.35. The van der Waals surface area contributed by atoms with Crippen molar-refractivity contribution in [2.45, 2.75) is 44.4 Å². The molecule has 0 spiro atoms. The van der Waals surface area contributed by atoms with Crippen LogP contribution < -0.4 is 5.06 Å². The van der Waals surface area contributed by atoms with Gasteiger partial charge < -0.3 is 10.4 Å². The normalized spacial score (nSPS) is 22.5. The molecule has 6 nitrogen and oxygen atoms in total. The van der Waals surface area contributed by atoms with Gasteiger partial charge in [0.2, 0.25) is 5.50 Å². The van der Waals surface area contributed by atoms with E-state index in [9.17, 15) is 19.6 Å². The molecule has 0 radical (unpaired) electrons. The molecule has 0 aliphatic carbocycles. The first-order valence-corrected chi connectivity index (χ1v) is 7.50. The molecule has 2 rings (SSSR count). The fraction of sp³-hybridized carbons (Fsp3) is 0.467. The number of rotatable bonds is 3. The lowest BCUT2D eigenvalue weighted by atomic mass is 9.98. The average molecular weight is 344 g/mol. The SMILES string of the molecule is CC1(C)N=C(C(Cl)[NH+]([O-])C(=O)c2ccc(F)cc2)C(C)(C)N1O. The summed E-state index contributed by atoms with van der Waals surface area (Å²) >= 11 is 6.18. The zero-order chi connectivity index (χ0) is 17.6. The molecular formula is C15H19ClFN3O3. The Bertz CT molecular complexity index is 646. The van der Waals surface area contributed by atoms with Crippen LogP contribution in [-0.2, 0) is 0 Å². The predicted octanol–water partition coefficient (Wildman–Crippen LogP) is 1.57. The standard InChI is InChI=1S/C15H19ClFN3O3/c1-14(2)11(18-15(3,4)20(14)23)12(16)19(22)13(21)9-5-7-10(17)8-6-9/h5-8,12,19,23H,1-4H3. The molecule has 0 bridgehead atoms. The van der Waals surface area contributed by atoms with Gasteiger partial charge in [-0.15, -0.1) is 0 Å². The van der Waals surface area contributed by atoms with E-state index in [1.165, 1.54) is 12.1 Å². The van der Waals surface area contributed by atoms with Gasteiger partial charge in [-0.2, -0.15) is 5.06 Å². The van der Waals surface area contributed by atoms with Gasteiger partial charge in [-0.25, -0.2) is 9.18 Å². The zero-order valence-corrected chi connectivity index (χ0v) is 14.1. The Hall–Kier alpha value is -1.38. The highest BCUT2D eigenvalue weighted by molar-refractivity contribution is 6.32. The zero-order valence-electron chi connectivity index (χ0n) is 13.3. The molecule has 0 saturated carbocycles. The number of hydroxylamine groups is 4. The smallest absolute Gasteiger partial charge is 0.345 e. The number of nitrogens with one attached hydrogen (secondary N) is 1. The van der Waals surface area contributed by atoms with Gasteiger partial charge in [0.1, 0.15) is 17.2 Å². The average Bonchev–Trinajstić information content (AvgIpc) is 2.65. The summed E-state index contributed by atoms with van der Waals surface area (Å²) in [6.45, 7) is 6.65. The summed E-state index contributed by atoms with van der Waals surface area (Å²) in [5.74, 6) is -1.33. The minimum absolute atomic E-state index is 0.0542. The Balaban J connectivity index is 2.27. The van der Waals surface area contributed by atoms with Gasteiger partial charge in [0.25, 0.3) is 0 Å². The first-order chi connectivity index (χ1) is 10.5. The molecule has 1 aromatic rings. The predicted molar refractivity (Wildman–Crippen MR) is 83.9 cm³/mol. The van der Waals surface area contributed by atoms with Gasteiger partial charge in [-0.3, -0.25) is 10.1 Å². The van der Waals surface area contributed by atoms with E-state index in [0.717, 1.165) is 17.2 Å². The molecule has 23 heavy (non-hydrogen) atoms. The van der Waals surface area contributed by atoms with Gasteiger partial charge in [0.15, 0.2) is 0 Å². The summed E-state index contributed by atoms with van der Waals surface area (Å²) in [7, 11) is 0. The molecule has 1 heterocycles. The molecule has 1 aliphatic rings. The van der Waals surface area contributed by atoms with Crippen molar-refractivity contribution in [1.29, 1.82) is 0 Å². The number of alkyl halides is 1. The highest BCUT2D eigenvalue weighted by Crippen LogP contribution is 2.34. The number of carbonyl (C=O) groups excluding carboxylic acids is 1. The molecular weight excluding hydrogens is 325 g/mol. The number of amides is 1. The third-order valence-electron chi connectivity index (χ3n) is 3.87. The van der Waals surface area contributed by atoms with Gasteiger partial charge in [0.05, 0.1) is 11.1 Å². The molecule has 1 amide bonds. The van der Waals surface area contributed by atoms with Gasteiger partial charge in [-0.05, 0) is 52.0 Å². The highest BCUT2D eigenvalue weighted by atomic mass is 35.5. The van der Waals surface area contributed by atoms with Crippen LogP contribution in [0.4, 0.5) is 4.39 Å². The lowest BCUT2D eigenvalue weighted by Crippen LogP contribution is -3.14. The molecule has 2 N–H and O–H groups in total. The minimum atomic E-state index is -1.31. The first kappa shape index (κ1) is 18.0. The van der Waals surface area contributed by atoms with E-state index >= 15 is 0 Å². The Morgan fingerprint density at radius 3 is 2.30 bits per heavy atom. The maximum Gasteiger partial charge on any atom is 0.345 e. The van der Waals surface area contributed by atoms with Gasteiger partial charge in [0, 0.05) is 0 Å². The van der Waals surface area contributed by atoms with Gasteiger partial charge in [-0.1, -0.05) is 11.6 Å². The molecule has 2 unspecified atom stereocenters. The molecule has 0 saturated heterocycles. The molecule has 2 atom stereocenters. The quantitative estimate of drug-likeness (QED) is 0.496. The summed E-state index contributed by atoms with van der Waals surface area (Å²) in [6, 6.07) is 4.64. The number of hydrogen-bond acceptors (Lipinski definition) is 5. The summed E-state index contributed by atoms with van der Waals surface area (Å²) in [5, 5.41) is 22.7. The van der Waals surface area contributed by atoms with Crippen molar-refractivity contribution in [2.24, 2.45) is 4.99 Å². The van der Waals surface area contributed by atoms with E-state index in [2.05, 4.69) is 4.99 Å². The number of quaternary nitrogens is 1. The van der Waals surface area contributed by atoms with E-state index in [1.54, 1.807) is 27.7 Å². The third-order valence-corrected chi connectivity index (χ3v) is 4.27. The fourth-order valence-corrected chi connectivity index (χ4v) is 3.04. The van der Waals surface area contributed by atoms with E-state index in [1.807, 2.05) is 0 Å². The van der Waals surface area contributed by atoms with Crippen LogP contribution in [-0.4, -0.2) is 38.6 Å². The maximum absolute atomic E-state index is 12.9. The fourth-order valence-electron chi connectivity index (χ4n) is 2.62. The number of aliphatic imine (C=N–C) groups is 1. The maximum atomic E-state index is 12.9. The van der Waals surface area contributed by atoms with Crippen LogP contribution in [0.25, 0.3) is 0 Å². The second-order valence-electron chi connectivity index (χ2n) is 6.43. The molecule has 126 valence electrons. The molecule has 1 aromatic carbocycles. The number of halogens is 2. The van der Waals surface area contributed by atoms with Crippen molar-refractivity contribution in [1.82, 2.24) is 5.06 Å². The lowest BCUT2D eigenvalue weighted by molar-refractivity contribution is -0.759. The van der Waals surface area contributed by atoms with Crippen molar-refractivity contribution in [3.63, 3.8) is 0 Å². The Labute approximate surface area is 138 Å². The van der Waals surface area contributed by atoms with Crippen LogP contribution in [0.2, 0.25) is 0 Å². The van der Waals surface area contributed by atoms with Crippen molar-refractivity contribution in [3.8, 4) is 0 Å². The number of benzene rings is 1. The largest absolute Gasteiger partial charge is 0.625 e. The summed E-state index contributed by atoms with van der Waals surface area (Å²) in [6.07, 6.45) is 0. The summed E-state index contributed by atoms with van der Waals surface area (Å²) in [5.41, 5.74) is -2.98. The minimum Gasteiger partial charge on any atom is -0.625 e. The van der Waals surface area contributed by atoms with Crippen molar-refractivity contribution < 1.29 is 19.5 Å². The van der Waals surface area contributed by atoms with E-state index < -0.39 is 33.5 Å². The molecule has 0 fully saturated rings. The van der Waals surface area contributed by atoms with Crippen LogP contribution in [0, 0.1) is 11.0 Å². The van der Waals surface area contributed by atoms with Crippen molar-refractivity contribution in [3.05, 3.63) is 40.9 Å². The summed E-state index contributed by atoms with van der Waals surface area (Å²) in [4.78, 5) is 16.5. The van der Waals surface area contributed by atoms with Crippen LogP contribution in [0.1, 0.15) is 38.1 Å². The van der Waals surface area contributed by atoms with Crippen LogP contribution in [0.15, 0.2) is 29.3 Å². The Kier molecular flexibility index (Phi) is 4.62. The molecule has 8 heteroatoms. The Morgan fingerprint density at radius 1 is 1.35 bits per heavy atom. The molecule has 0 aromatic heterocycles. The van der Waals surface area contributed by atoms with Crippen LogP contribution in [0.5, 0.6) is 0 Å². The Morgan fingerprint density at radius 2 is 1.87 bits per heavy atom. The summed E-state index contributed by atoms with van der Waals surface area (Å²) < 4.78 is 12.9. The molecule has 1 aliphatic heterocycles. The van der Waals surface area contributed by atoms with Gasteiger partial charge >= 0.3 is 5.91 Å². The van der Waals surface area contributed by atoms with Crippen molar-refractivity contribution >= 4 is 23.2 Å². The van der Waals surface area contributed by atoms with E-state index in [0.29, 0.717) is 0 Å². The van der Waals surface area contributed by atoms with E-state index in [-0.39, 0.29) is 11.3 Å².